The molecule has 1 aromatic carbocycles. The molecule has 6 heteroatoms. The van der Waals surface area contributed by atoms with E-state index in [1.54, 1.807) is 12.3 Å². The zero-order valence-corrected chi connectivity index (χ0v) is 14.3. The predicted octanol–water partition coefficient (Wildman–Crippen LogP) is 3.85. The third kappa shape index (κ3) is 3.28. The number of pyridine rings is 1. The van der Waals surface area contributed by atoms with Crippen LogP contribution in [0.15, 0.2) is 36.7 Å². The Balaban J connectivity index is 1.48. The number of aromatic nitrogens is 1. The van der Waals surface area contributed by atoms with Crippen molar-refractivity contribution in [3.63, 3.8) is 0 Å². The highest BCUT2D eigenvalue weighted by molar-refractivity contribution is 5.95. The van der Waals surface area contributed by atoms with Crippen molar-refractivity contribution in [3.8, 4) is 16.9 Å². The Morgan fingerprint density at radius 1 is 1.27 bits per heavy atom. The molecule has 1 amide bonds. The van der Waals surface area contributed by atoms with Crippen LogP contribution >= 0.6 is 0 Å². The first-order valence-corrected chi connectivity index (χ1v) is 8.90. The minimum atomic E-state index is -2.68. The van der Waals surface area contributed by atoms with Gasteiger partial charge in [-0.2, -0.15) is 0 Å². The second-order valence-corrected chi connectivity index (χ2v) is 6.94. The largest absolute Gasteiger partial charge is 0.493 e. The van der Waals surface area contributed by atoms with E-state index >= 15 is 0 Å². The molecule has 0 saturated heterocycles. The van der Waals surface area contributed by atoms with E-state index in [9.17, 15) is 13.6 Å². The summed E-state index contributed by atoms with van der Waals surface area (Å²) in [6.07, 6.45) is 4.88. The summed E-state index contributed by atoms with van der Waals surface area (Å²) in [5.74, 6) is -2.93. The van der Waals surface area contributed by atoms with Crippen molar-refractivity contribution in [2.24, 2.45) is 5.92 Å². The summed E-state index contributed by atoms with van der Waals surface area (Å²) in [6.45, 7) is 0.678. The number of halogens is 2. The number of hydrogen-bond donors (Lipinski definition) is 1. The first kappa shape index (κ1) is 16.9. The minimum Gasteiger partial charge on any atom is -0.493 e. The van der Waals surface area contributed by atoms with Crippen LogP contribution in [0, 0.1) is 5.92 Å². The lowest BCUT2D eigenvalue weighted by Gasteiger charge is -2.19. The summed E-state index contributed by atoms with van der Waals surface area (Å²) in [7, 11) is 0. The maximum Gasteiger partial charge on any atom is 0.252 e. The molecule has 1 aromatic heterocycles. The smallest absolute Gasteiger partial charge is 0.252 e. The van der Waals surface area contributed by atoms with Crippen molar-refractivity contribution in [3.05, 3.63) is 47.8 Å². The van der Waals surface area contributed by atoms with Gasteiger partial charge < -0.3 is 10.1 Å². The normalized spacial score (nSPS) is 20.5. The van der Waals surface area contributed by atoms with E-state index in [2.05, 4.69) is 10.3 Å². The molecule has 26 heavy (non-hydrogen) atoms. The molecule has 1 aliphatic heterocycles. The molecule has 1 saturated carbocycles. The van der Waals surface area contributed by atoms with Crippen molar-refractivity contribution >= 4 is 5.91 Å². The SMILES string of the molecule is O=C(NCC1CCCC1(F)F)c1cncc(-c2ccc3c(c2)CCO3)c1. The molecule has 1 unspecified atom stereocenters. The van der Waals surface area contributed by atoms with Crippen molar-refractivity contribution in [2.45, 2.75) is 31.6 Å². The predicted molar refractivity (Wildman–Crippen MR) is 93.5 cm³/mol. The highest BCUT2D eigenvalue weighted by atomic mass is 19.3. The second-order valence-electron chi connectivity index (χ2n) is 6.94. The molecule has 1 aliphatic carbocycles. The van der Waals surface area contributed by atoms with Gasteiger partial charge in [-0.25, -0.2) is 8.78 Å². The fraction of sp³-hybridized carbons (Fsp3) is 0.400. The maximum absolute atomic E-state index is 13.7. The number of ether oxygens (including phenoxy) is 1. The number of amides is 1. The van der Waals surface area contributed by atoms with E-state index in [0.717, 1.165) is 28.9 Å². The zero-order valence-electron chi connectivity index (χ0n) is 14.3. The first-order valence-electron chi connectivity index (χ1n) is 8.90. The standard InChI is InChI=1S/C20H20F2N2O2/c21-20(22)6-1-2-17(20)12-24-19(25)16-9-15(10-23-11-16)13-3-4-18-14(8-13)5-7-26-18/h3-4,8-11,17H,1-2,5-7,12H2,(H,24,25). The Labute approximate surface area is 150 Å². The number of fused-ring (bicyclic) bond motifs is 1. The van der Waals surface area contributed by atoms with Gasteiger partial charge in [0, 0.05) is 43.3 Å². The van der Waals surface area contributed by atoms with Crippen LogP contribution in [0.3, 0.4) is 0 Å². The average molecular weight is 358 g/mol. The molecule has 4 rings (SSSR count). The Bertz CT molecular complexity index is 838. The highest BCUT2D eigenvalue weighted by Gasteiger charge is 2.43. The Morgan fingerprint density at radius 2 is 2.15 bits per heavy atom. The summed E-state index contributed by atoms with van der Waals surface area (Å²) < 4.78 is 32.9. The lowest BCUT2D eigenvalue weighted by Crippen LogP contribution is -2.35. The van der Waals surface area contributed by atoms with Crippen LogP contribution in [0.5, 0.6) is 5.75 Å². The van der Waals surface area contributed by atoms with Crippen LogP contribution in [0.1, 0.15) is 35.2 Å². The molecular formula is C20H20F2N2O2. The van der Waals surface area contributed by atoms with E-state index in [1.165, 1.54) is 6.20 Å². The van der Waals surface area contributed by atoms with E-state index in [0.29, 0.717) is 25.0 Å². The van der Waals surface area contributed by atoms with Gasteiger partial charge in [-0.1, -0.05) is 6.07 Å². The fourth-order valence-corrected chi connectivity index (χ4v) is 3.66. The molecule has 2 aliphatic rings. The minimum absolute atomic E-state index is 0.00769. The van der Waals surface area contributed by atoms with E-state index < -0.39 is 11.8 Å². The average Bonchev–Trinajstić information content (AvgIpc) is 3.24. The number of benzene rings is 1. The third-order valence-electron chi connectivity index (χ3n) is 5.19. The molecular weight excluding hydrogens is 338 g/mol. The molecule has 1 fully saturated rings. The summed E-state index contributed by atoms with van der Waals surface area (Å²) in [6, 6.07) is 7.64. The lowest BCUT2D eigenvalue weighted by molar-refractivity contribution is -0.0352. The van der Waals surface area contributed by atoms with Crippen LogP contribution in [0.2, 0.25) is 0 Å². The second kappa shape index (κ2) is 6.67. The van der Waals surface area contributed by atoms with Gasteiger partial charge in [0.25, 0.3) is 11.8 Å². The van der Waals surface area contributed by atoms with E-state index in [4.69, 9.17) is 4.74 Å². The summed E-state index contributed by atoms with van der Waals surface area (Å²) in [5, 5.41) is 2.64. The summed E-state index contributed by atoms with van der Waals surface area (Å²) in [5.41, 5.74) is 3.29. The molecule has 2 aromatic rings. The van der Waals surface area contributed by atoms with Crippen LogP contribution in [0.25, 0.3) is 11.1 Å². The van der Waals surface area contributed by atoms with Crippen molar-refractivity contribution in [2.75, 3.05) is 13.2 Å². The number of carbonyl (C=O) groups is 1. The first-order chi connectivity index (χ1) is 12.5. The lowest BCUT2D eigenvalue weighted by atomic mass is 10.0. The number of hydrogen-bond acceptors (Lipinski definition) is 3. The van der Waals surface area contributed by atoms with Gasteiger partial charge in [-0.05, 0) is 42.2 Å². The number of nitrogens with zero attached hydrogens (tertiary/aromatic N) is 1. The number of carbonyl (C=O) groups excluding carboxylic acids is 1. The fourth-order valence-electron chi connectivity index (χ4n) is 3.66. The maximum atomic E-state index is 13.7. The van der Waals surface area contributed by atoms with Crippen LogP contribution in [-0.4, -0.2) is 30.0 Å². The Hall–Kier alpha value is -2.50. The number of alkyl halides is 2. The molecule has 0 bridgehead atoms. The Kier molecular flexibility index (Phi) is 4.34. The molecule has 1 N–H and O–H groups in total. The molecule has 2 heterocycles. The van der Waals surface area contributed by atoms with Gasteiger partial charge in [0.15, 0.2) is 0 Å². The van der Waals surface area contributed by atoms with Gasteiger partial charge in [0.05, 0.1) is 12.2 Å². The number of nitrogens with one attached hydrogen (secondary N) is 1. The van der Waals surface area contributed by atoms with E-state index in [1.807, 2.05) is 18.2 Å². The zero-order chi connectivity index (χ0) is 18.1. The van der Waals surface area contributed by atoms with Gasteiger partial charge in [0.1, 0.15) is 5.75 Å². The topological polar surface area (TPSA) is 51.2 Å². The summed E-state index contributed by atoms with van der Waals surface area (Å²) >= 11 is 0. The monoisotopic (exact) mass is 358 g/mol. The van der Waals surface area contributed by atoms with Crippen molar-refractivity contribution < 1.29 is 18.3 Å². The van der Waals surface area contributed by atoms with Gasteiger partial charge in [0.2, 0.25) is 0 Å². The molecule has 0 spiro atoms. The Morgan fingerprint density at radius 3 is 2.96 bits per heavy atom. The van der Waals surface area contributed by atoms with Crippen LogP contribution in [-0.2, 0) is 6.42 Å². The van der Waals surface area contributed by atoms with Crippen molar-refractivity contribution in [1.29, 1.82) is 0 Å². The molecule has 0 radical (unpaired) electrons. The number of rotatable bonds is 4. The molecule has 4 nitrogen and oxygen atoms in total. The quantitative estimate of drug-likeness (QED) is 0.903. The summed E-state index contributed by atoms with van der Waals surface area (Å²) in [4.78, 5) is 16.5. The van der Waals surface area contributed by atoms with Gasteiger partial charge in [-0.3, -0.25) is 9.78 Å². The van der Waals surface area contributed by atoms with Gasteiger partial charge in [-0.15, -0.1) is 0 Å². The van der Waals surface area contributed by atoms with Crippen LogP contribution < -0.4 is 10.1 Å². The third-order valence-corrected chi connectivity index (χ3v) is 5.19. The van der Waals surface area contributed by atoms with Crippen LogP contribution in [0.4, 0.5) is 8.78 Å². The van der Waals surface area contributed by atoms with E-state index in [-0.39, 0.29) is 18.9 Å². The van der Waals surface area contributed by atoms with Gasteiger partial charge >= 0.3 is 0 Å². The molecule has 1 atom stereocenters. The molecule has 136 valence electrons. The highest BCUT2D eigenvalue weighted by Crippen LogP contribution is 2.39. The van der Waals surface area contributed by atoms with Crippen molar-refractivity contribution in [1.82, 2.24) is 10.3 Å².